The first kappa shape index (κ1) is 23.6. The van der Waals surface area contributed by atoms with Gasteiger partial charge in [0.2, 0.25) is 5.91 Å². The van der Waals surface area contributed by atoms with Crippen LogP contribution in [0.3, 0.4) is 0 Å². The third-order valence-electron chi connectivity index (χ3n) is 5.53. The van der Waals surface area contributed by atoms with E-state index in [9.17, 15) is 22.8 Å². The van der Waals surface area contributed by atoms with Gasteiger partial charge in [-0.3, -0.25) is 9.59 Å². The summed E-state index contributed by atoms with van der Waals surface area (Å²) in [5.41, 5.74) is -0.000692. The number of benzene rings is 2. The van der Waals surface area contributed by atoms with Crippen LogP contribution in [0, 0.1) is 5.92 Å². The molecule has 1 aliphatic rings. The molecular formula is C23H25F3N2O4. The third kappa shape index (κ3) is 5.40. The summed E-state index contributed by atoms with van der Waals surface area (Å²) in [6.45, 7) is 0.813. The van der Waals surface area contributed by atoms with Crippen LogP contribution in [0.25, 0.3) is 0 Å². The highest BCUT2D eigenvalue weighted by Crippen LogP contribution is 2.37. The average molecular weight is 450 g/mol. The highest BCUT2D eigenvalue weighted by molar-refractivity contribution is 5.95. The Morgan fingerprint density at radius 3 is 2.44 bits per heavy atom. The van der Waals surface area contributed by atoms with Crippen LogP contribution < -0.4 is 10.1 Å². The molecule has 0 unspecified atom stereocenters. The maximum Gasteiger partial charge on any atom is 0.416 e. The number of carbonyl (C=O) groups is 2. The van der Waals surface area contributed by atoms with E-state index in [0.717, 1.165) is 12.1 Å². The minimum Gasteiger partial charge on any atom is -0.497 e. The fourth-order valence-corrected chi connectivity index (χ4v) is 3.84. The number of hydrogen-bond donors (Lipinski definition) is 1. The first-order chi connectivity index (χ1) is 15.2. The molecule has 9 heteroatoms. The summed E-state index contributed by atoms with van der Waals surface area (Å²) in [5.74, 6) is -1.27. The van der Waals surface area contributed by atoms with Crippen molar-refractivity contribution in [3.63, 3.8) is 0 Å². The van der Waals surface area contributed by atoms with E-state index >= 15 is 0 Å². The maximum absolute atomic E-state index is 13.2. The molecule has 172 valence electrons. The second kappa shape index (κ2) is 10.0. The molecule has 0 spiro atoms. The SMILES string of the molecule is COCCNC(=O)[C@@H]1CN(C(=O)c2ccc(OC)cc2)C[C@H]1c1cccc(C(F)(F)F)c1. The number of methoxy groups -OCH3 is 2. The van der Waals surface area contributed by atoms with Gasteiger partial charge in [0.1, 0.15) is 5.75 Å². The molecule has 3 rings (SSSR count). The first-order valence-corrected chi connectivity index (χ1v) is 10.1. The molecule has 2 amide bonds. The lowest BCUT2D eigenvalue weighted by Gasteiger charge is -2.19. The number of ether oxygens (including phenoxy) is 2. The van der Waals surface area contributed by atoms with E-state index in [2.05, 4.69) is 5.32 Å². The van der Waals surface area contributed by atoms with E-state index in [0.29, 0.717) is 23.5 Å². The van der Waals surface area contributed by atoms with Gasteiger partial charge in [-0.2, -0.15) is 13.2 Å². The Balaban J connectivity index is 1.87. The van der Waals surface area contributed by atoms with Gasteiger partial charge in [0, 0.05) is 38.2 Å². The summed E-state index contributed by atoms with van der Waals surface area (Å²) in [4.78, 5) is 27.4. The number of halogens is 3. The highest BCUT2D eigenvalue weighted by Gasteiger charge is 2.41. The van der Waals surface area contributed by atoms with Crippen molar-refractivity contribution in [2.75, 3.05) is 40.5 Å². The van der Waals surface area contributed by atoms with Gasteiger partial charge in [-0.25, -0.2) is 0 Å². The van der Waals surface area contributed by atoms with Crippen molar-refractivity contribution in [3.8, 4) is 5.75 Å². The lowest BCUT2D eigenvalue weighted by molar-refractivity contribution is -0.137. The van der Waals surface area contributed by atoms with Crippen LogP contribution in [0.4, 0.5) is 13.2 Å². The summed E-state index contributed by atoms with van der Waals surface area (Å²) in [6.07, 6.45) is -4.50. The summed E-state index contributed by atoms with van der Waals surface area (Å²) in [6, 6.07) is 11.5. The number of rotatable bonds is 7. The van der Waals surface area contributed by atoms with Crippen molar-refractivity contribution in [3.05, 3.63) is 65.2 Å². The summed E-state index contributed by atoms with van der Waals surface area (Å²) in [7, 11) is 3.02. The molecule has 1 saturated heterocycles. The largest absolute Gasteiger partial charge is 0.497 e. The average Bonchev–Trinajstić information content (AvgIpc) is 3.24. The van der Waals surface area contributed by atoms with Gasteiger partial charge in [-0.15, -0.1) is 0 Å². The summed E-state index contributed by atoms with van der Waals surface area (Å²) < 4.78 is 49.8. The second-order valence-corrected chi connectivity index (χ2v) is 7.56. The number of carbonyl (C=O) groups excluding carboxylic acids is 2. The van der Waals surface area contributed by atoms with Crippen molar-refractivity contribution in [2.24, 2.45) is 5.92 Å². The van der Waals surface area contributed by atoms with Gasteiger partial charge in [-0.05, 0) is 35.9 Å². The monoisotopic (exact) mass is 450 g/mol. The zero-order valence-corrected chi connectivity index (χ0v) is 17.8. The quantitative estimate of drug-likeness (QED) is 0.658. The third-order valence-corrected chi connectivity index (χ3v) is 5.53. The number of likely N-dealkylation sites (tertiary alicyclic amines) is 1. The van der Waals surface area contributed by atoms with Crippen molar-refractivity contribution in [1.82, 2.24) is 10.2 Å². The van der Waals surface area contributed by atoms with Crippen LogP contribution in [0.2, 0.25) is 0 Å². The van der Waals surface area contributed by atoms with E-state index in [1.807, 2.05) is 0 Å². The Kier molecular flexibility index (Phi) is 7.40. The predicted molar refractivity (Wildman–Crippen MR) is 111 cm³/mol. The Bertz CT molecular complexity index is 947. The van der Waals surface area contributed by atoms with Gasteiger partial charge in [-0.1, -0.05) is 18.2 Å². The molecule has 0 aromatic heterocycles. The number of alkyl halides is 3. The molecule has 2 aromatic carbocycles. The normalized spacial score (nSPS) is 18.5. The summed E-state index contributed by atoms with van der Waals surface area (Å²) in [5, 5.41) is 2.74. The van der Waals surface area contributed by atoms with Gasteiger partial charge in [0.15, 0.2) is 0 Å². The van der Waals surface area contributed by atoms with Gasteiger partial charge in [0.05, 0.1) is 25.2 Å². The highest BCUT2D eigenvalue weighted by atomic mass is 19.4. The van der Waals surface area contributed by atoms with Crippen LogP contribution in [0.1, 0.15) is 27.4 Å². The summed E-state index contributed by atoms with van der Waals surface area (Å²) >= 11 is 0. The van der Waals surface area contributed by atoms with Crippen LogP contribution >= 0.6 is 0 Å². The number of hydrogen-bond acceptors (Lipinski definition) is 4. The standard InChI is InChI=1S/C23H25F3N2O4/c1-31-11-10-27-21(29)20-14-28(22(30)15-6-8-18(32-2)9-7-15)13-19(20)16-4-3-5-17(12-16)23(24,25)26/h3-9,12,19-20H,10-11,13-14H2,1-2H3,(H,27,29)/t19-,20+/m0/s1. The van der Waals surface area contributed by atoms with Gasteiger partial charge >= 0.3 is 6.18 Å². The molecule has 0 bridgehead atoms. The van der Waals surface area contributed by atoms with Crippen LogP contribution in [0.15, 0.2) is 48.5 Å². The van der Waals surface area contributed by atoms with Crippen LogP contribution in [-0.2, 0) is 15.7 Å². The Hall–Kier alpha value is -3.07. The Morgan fingerprint density at radius 1 is 1.09 bits per heavy atom. The number of nitrogens with zero attached hydrogens (tertiary/aromatic N) is 1. The predicted octanol–water partition coefficient (Wildman–Crippen LogP) is 3.33. The molecule has 1 N–H and O–H groups in total. The van der Waals surface area contributed by atoms with E-state index in [1.165, 1.54) is 25.2 Å². The number of nitrogens with one attached hydrogen (secondary N) is 1. The van der Waals surface area contributed by atoms with E-state index < -0.39 is 23.6 Å². The Morgan fingerprint density at radius 2 is 1.81 bits per heavy atom. The topological polar surface area (TPSA) is 67.9 Å². The molecule has 32 heavy (non-hydrogen) atoms. The number of amides is 2. The Labute approximate surface area is 184 Å². The second-order valence-electron chi connectivity index (χ2n) is 7.56. The smallest absolute Gasteiger partial charge is 0.416 e. The van der Waals surface area contributed by atoms with E-state index in [-0.39, 0.29) is 31.4 Å². The minimum atomic E-state index is -4.50. The first-order valence-electron chi connectivity index (χ1n) is 10.1. The molecule has 2 aromatic rings. The van der Waals surface area contributed by atoms with E-state index in [4.69, 9.17) is 9.47 Å². The molecule has 1 aliphatic heterocycles. The molecule has 1 fully saturated rings. The van der Waals surface area contributed by atoms with Gasteiger partial charge < -0.3 is 19.7 Å². The van der Waals surface area contributed by atoms with Crippen LogP contribution in [-0.4, -0.2) is 57.2 Å². The van der Waals surface area contributed by atoms with Crippen LogP contribution in [0.5, 0.6) is 5.75 Å². The molecule has 1 heterocycles. The fourth-order valence-electron chi connectivity index (χ4n) is 3.84. The molecule has 0 saturated carbocycles. The molecule has 0 aliphatic carbocycles. The molecule has 0 radical (unpaired) electrons. The van der Waals surface area contributed by atoms with Crippen molar-refractivity contribution >= 4 is 11.8 Å². The van der Waals surface area contributed by atoms with Crippen molar-refractivity contribution in [2.45, 2.75) is 12.1 Å². The van der Waals surface area contributed by atoms with Crippen molar-refractivity contribution < 1.29 is 32.2 Å². The maximum atomic E-state index is 13.2. The van der Waals surface area contributed by atoms with Gasteiger partial charge in [0.25, 0.3) is 5.91 Å². The fraction of sp³-hybridized carbons (Fsp3) is 0.391. The lowest BCUT2D eigenvalue weighted by atomic mass is 9.87. The minimum absolute atomic E-state index is 0.102. The molecular weight excluding hydrogens is 425 g/mol. The van der Waals surface area contributed by atoms with Crippen molar-refractivity contribution in [1.29, 1.82) is 0 Å². The zero-order chi connectivity index (χ0) is 23.3. The molecule has 6 nitrogen and oxygen atoms in total. The zero-order valence-electron chi connectivity index (χ0n) is 17.8. The molecule has 2 atom stereocenters. The van der Waals surface area contributed by atoms with E-state index in [1.54, 1.807) is 30.3 Å². The lowest BCUT2D eigenvalue weighted by Crippen LogP contribution is -2.37.